The zero-order valence-corrected chi connectivity index (χ0v) is 14.2. The number of rotatable bonds is 6. The molecule has 2 rings (SSSR count). The largest absolute Gasteiger partial charge is 0.480 e. The molecule has 124 valence electrons. The minimum atomic E-state index is -0.440. The molecule has 1 aromatic rings. The third-order valence-corrected chi connectivity index (χ3v) is 4.32. The summed E-state index contributed by atoms with van der Waals surface area (Å²) >= 11 is 0. The summed E-state index contributed by atoms with van der Waals surface area (Å²) < 4.78 is 5.89. The number of para-hydroxylation sites is 1. The van der Waals surface area contributed by atoms with Crippen molar-refractivity contribution < 1.29 is 9.53 Å². The van der Waals surface area contributed by atoms with Gasteiger partial charge in [0.2, 0.25) is 0 Å². The molecule has 0 heterocycles. The van der Waals surface area contributed by atoms with E-state index in [1.807, 2.05) is 38.1 Å². The van der Waals surface area contributed by atoms with Gasteiger partial charge in [0.1, 0.15) is 5.75 Å². The van der Waals surface area contributed by atoms with Crippen LogP contribution in [0.15, 0.2) is 24.3 Å². The molecule has 0 aromatic heterocycles. The number of hydrogen-bond acceptors (Lipinski definition) is 3. The molecule has 0 spiro atoms. The summed E-state index contributed by atoms with van der Waals surface area (Å²) in [6.45, 7) is 4.60. The number of halogens is 1. The van der Waals surface area contributed by atoms with Gasteiger partial charge < -0.3 is 15.8 Å². The second kappa shape index (κ2) is 9.01. The van der Waals surface area contributed by atoms with E-state index in [-0.39, 0.29) is 24.4 Å². The molecule has 1 aromatic carbocycles. The van der Waals surface area contributed by atoms with Crippen LogP contribution in [0.2, 0.25) is 0 Å². The topological polar surface area (TPSA) is 64.3 Å². The number of aryl methyl sites for hydroxylation is 1. The first-order valence-electron chi connectivity index (χ1n) is 7.88. The van der Waals surface area contributed by atoms with E-state index >= 15 is 0 Å². The van der Waals surface area contributed by atoms with E-state index in [9.17, 15) is 4.79 Å². The molecule has 3 unspecified atom stereocenters. The highest BCUT2D eigenvalue weighted by atomic mass is 35.5. The van der Waals surface area contributed by atoms with Crippen molar-refractivity contribution in [2.45, 2.75) is 51.7 Å². The van der Waals surface area contributed by atoms with Gasteiger partial charge in [-0.2, -0.15) is 0 Å². The van der Waals surface area contributed by atoms with Crippen LogP contribution in [-0.2, 0) is 4.79 Å². The quantitative estimate of drug-likeness (QED) is 0.845. The Kier molecular flexibility index (Phi) is 7.69. The molecule has 22 heavy (non-hydrogen) atoms. The Bertz CT molecular complexity index is 481. The molecule has 1 fully saturated rings. The Labute approximate surface area is 139 Å². The van der Waals surface area contributed by atoms with E-state index in [2.05, 4.69) is 5.32 Å². The van der Waals surface area contributed by atoms with Gasteiger partial charge in [0.15, 0.2) is 6.10 Å². The predicted molar refractivity (Wildman–Crippen MR) is 91.5 cm³/mol. The summed E-state index contributed by atoms with van der Waals surface area (Å²) in [5.41, 5.74) is 6.82. The van der Waals surface area contributed by atoms with E-state index in [0.717, 1.165) is 30.6 Å². The van der Waals surface area contributed by atoms with Crippen LogP contribution in [0.5, 0.6) is 5.75 Å². The van der Waals surface area contributed by atoms with Crippen LogP contribution in [0.1, 0.15) is 38.2 Å². The van der Waals surface area contributed by atoms with Gasteiger partial charge >= 0.3 is 0 Å². The average Bonchev–Trinajstić information content (AvgIpc) is 2.93. The van der Waals surface area contributed by atoms with E-state index in [1.165, 1.54) is 0 Å². The number of benzene rings is 1. The van der Waals surface area contributed by atoms with Gasteiger partial charge in [-0.15, -0.1) is 12.4 Å². The fourth-order valence-corrected chi connectivity index (χ4v) is 2.95. The number of hydrogen-bond donors (Lipinski definition) is 2. The van der Waals surface area contributed by atoms with Crippen molar-refractivity contribution in [2.24, 2.45) is 11.7 Å². The Hall–Kier alpha value is -1.26. The fraction of sp³-hybridized carbons (Fsp3) is 0.588. The number of carbonyl (C=O) groups excluding carboxylic acids is 1. The van der Waals surface area contributed by atoms with Crippen molar-refractivity contribution >= 4 is 18.3 Å². The molecule has 4 nitrogen and oxygen atoms in total. The second-order valence-corrected chi connectivity index (χ2v) is 5.82. The maximum atomic E-state index is 12.4. The van der Waals surface area contributed by atoms with Gasteiger partial charge in [-0.1, -0.05) is 31.5 Å². The van der Waals surface area contributed by atoms with E-state index in [0.29, 0.717) is 18.9 Å². The van der Waals surface area contributed by atoms with E-state index < -0.39 is 6.10 Å². The monoisotopic (exact) mass is 326 g/mol. The Morgan fingerprint density at radius 3 is 2.77 bits per heavy atom. The predicted octanol–water partition coefficient (Wildman–Crippen LogP) is 2.82. The summed E-state index contributed by atoms with van der Waals surface area (Å²) in [7, 11) is 0. The Morgan fingerprint density at radius 2 is 2.14 bits per heavy atom. The lowest BCUT2D eigenvalue weighted by Crippen LogP contribution is -2.46. The maximum absolute atomic E-state index is 12.4. The standard InChI is InChI=1S/C17H26N2O2.ClH/c1-3-15(21-16-10-5-4-7-12(16)2)17(20)19-14-9-6-8-13(14)11-18;/h4-5,7,10,13-15H,3,6,8-9,11,18H2,1-2H3,(H,19,20);1H. The molecule has 1 aliphatic rings. The molecule has 0 radical (unpaired) electrons. The average molecular weight is 327 g/mol. The number of nitrogens with two attached hydrogens (primary N) is 1. The normalized spacial score (nSPS) is 21.8. The van der Waals surface area contributed by atoms with Crippen LogP contribution in [-0.4, -0.2) is 24.6 Å². The number of nitrogens with one attached hydrogen (secondary N) is 1. The highest BCUT2D eigenvalue weighted by molar-refractivity contribution is 5.85. The minimum Gasteiger partial charge on any atom is -0.480 e. The molecular formula is C17H27ClN2O2. The molecule has 0 saturated heterocycles. The summed E-state index contributed by atoms with van der Waals surface area (Å²) in [6, 6.07) is 7.99. The van der Waals surface area contributed by atoms with Crippen molar-refractivity contribution in [3.05, 3.63) is 29.8 Å². The Morgan fingerprint density at radius 1 is 1.41 bits per heavy atom. The summed E-state index contributed by atoms with van der Waals surface area (Å²) in [6.07, 6.45) is 3.48. The van der Waals surface area contributed by atoms with Crippen molar-refractivity contribution in [3.8, 4) is 5.75 Å². The molecule has 5 heteroatoms. The first-order chi connectivity index (χ1) is 10.2. The van der Waals surface area contributed by atoms with E-state index in [1.54, 1.807) is 0 Å². The van der Waals surface area contributed by atoms with Gasteiger partial charge in [0, 0.05) is 6.04 Å². The summed E-state index contributed by atoms with van der Waals surface area (Å²) in [5.74, 6) is 1.16. The smallest absolute Gasteiger partial charge is 0.261 e. The molecule has 0 bridgehead atoms. The zero-order chi connectivity index (χ0) is 15.2. The SMILES string of the molecule is CCC(Oc1ccccc1C)C(=O)NC1CCCC1CN.Cl. The van der Waals surface area contributed by atoms with Gasteiger partial charge in [-0.05, 0) is 50.3 Å². The van der Waals surface area contributed by atoms with E-state index in [4.69, 9.17) is 10.5 Å². The van der Waals surface area contributed by atoms with Crippen molar-refractivity contribution in [3.63, 3.8) is 0 Å². The number of carbonyl (C=O) groups is 1. The van der Waals surface area contributed by atoms with Gasteiger partial charge in [0.05, 0.1) is 0 Å². The lowest BCUT2D eigenvalue weighted by Gasteiger charge is -2.24. The van der Waals surface area contributed by atoms with Crippen LogP contribution in [0, 0.1) is 12.8 Å². The molecule has 3 N–H and O–H groups in total. The summed E-state index contributed by atoms with van der Waals surface area (Å²) in [4.78, 5) is 12.4. The minimum absolute atomic E-state index is 0. The molecule has 3 atom stereocenters. The third-order valence-electron chi connectivity index (χ3n) is 4.32. The molecule has 0 aliphatic heterocycles. The van der Waals surface area contributed by atoms with Crippen molar-refractivity contribution in [1.29, 1.82) is 0 Å². The van der Waals surface area contributed by atoms with Gasteiger partial charge in [0.25, 0.3) is 5.91 Å². The van der Waals surface area contributed by atoms with Gasteiger partial charge in [-0.25, -0.2) is 0 Å². The lowest BCUT2D eigenvalue weighted by molar-refractivity contribution is -0.129. The summed E-state index contributed by atoms with van der Waals surface area (Å²) in [5, 5.41) is 3.13. The molecule has 1 saturated carbocycles. The van der Waals surface area contributed by atoms with Crippen LogP contribution in [0.25, 0.3) is 0 Å². The number of amides is 1. The van der Waals surface area contributed by atoms with Crippen LogP contribution in [0.3, 0.4) is 0 Å². The number of ether oxygens (including phenoxy) is 1. The first kappa shape index (κ1) is 18.8. The van der Waals surface area contributed by atoms with Crippen LogP contribution < -0.4 is 15.8 Å². The first-order valence-corrected chi connectivity index (χ1v) is 7.88. The molecule has 1 aliphatic carbocycles. The highest BCUT2D eigenvalue weighted by Crippen LogP contribution is 2.25. The Balaban J connectivity index is 0.00000242. The lowest BCUT2D eigenvalue weighted by atomic mass is 10.0. The van der Waals surface area contributed by atoms with Crippen molar-refractivity contribution in [2.75, 3.05) is 6.54 Å². The van der Waals surface area contributed by atoms with Crippen LogP contribution in [0.4, 0.5) is 0 Å². The van der Waals surface area contributed by atoms with Crippen LogP contribution >= 0.6 is 12.4 Å². The zero-order valence-electron chi connectivity index (χ0n) is 13.4. The fourth-order valence-electron chi connectivity index (χ4n) is 2.95. The highest BCUT2D eigenvalue weighted by Gasteiger charge is 2.30. The molecular weight excluding hydrogens is 300 g/mol. The third kappa shape index (κ3) is 4.62. The second-order valence-electron chi connectivity index (χ2n) is 5.82. The maximum Gasteiger partial charge on any atom is 0.261 e. The van der Waals surface area contributed by atoms with Crippen molar-refractivity contribution in [1.82, 2.24) is 5.32 Å². The van der Waals surface area contributed by atoms with Gasteiger partial charge in [-0.3, -0.25) is 4.79 Å². The molecule has 1 amide bonds.